The molecule has 6 heteroatoms. The number of methoxy groups -OCH3 is 1. The molecule has 0 saturated heterocycles. The van der Waals surface area contributed by atoms with Crippen molar-refractivity contribution in [1.82, 2.24) is 5.32 Å². The van der Waals surface area contributed by atoms with Gasteiger partial charge in [-0.15, -0.1) is 0 Å². The van der Waals surface area contributed by atoms with E-state index in [-0.39, 0.29) is 12.2 Å². The maximum Gasteiger partial charge on any atom is 0.349 e. The van der Waals surface area contributed by atoms with Gasteiger partial charge in [0.25, 0.3) is 0 Å². The lowest BCUT2D eigenvalue weighted by Crippen LogP contribution is -2.19. The Hall–Kier alpha value is -1.84. The summed E-state index contributed by atoms with van der Waals surface area (Å²) >= 11 is 0. The van der Waals surface area contributed by atoms with Crippen molar-refractivity contribution in [3.05, 3.63) is 22.9 Å². The molecule has 154 valence electrons. The Morgan fingerprint density at radius 3 is 2.63 bits per heavy atom. The molecule has 0 aliphatic heterocycles. The van der Waals surface area contributed by atoms with Gasteiger partial charge in [0, 0.05) is 32.6 Å². The molecule has 0 amide bonds. The minimum Gasteiger partial charge on any atom is -0.459 e. The summed E-state index contributed by atoms with van der Waals surface area (Å²) in [7, 11) is 1.68. The largest absolute Gasteiger partial charge is 0.459 e. The number of hydrogen-bond acceptors (Lipinski definition) is 6. The van der Waals surface area contributed by atoms with Gasteiger partial charge < -0.3 is 19.5 Å². The van der Waals surface area contributed by atoms with E-state index in [0.717, 1.165) is 49.9 Å². The molecule has 0 aromatic heterocycles. The van der Waals surface area contributed by atoms with Gasteiger partial charge in [-0.1, -0.05) is 27.2 Å². The van der Waals surface area contributed by atoms with E-state index >= 15 is 0 Å². The van der Waals surface area contributed by atoms with E-state index in [1.165, 1.54) is 0 Å². The van der Waals surface area contributed by atoms with Gasteiger partial charge in [0.05, 0.1) is 6.61 Å². The van der Waals surface area contributed by atoms with E-state index in [4.69, 9.17) is 14.2 Å². The van der Waals surface area contributed by atoms with E-state index in [1.807, 2.05) is 26.0 Å². The third kappa shape index (κ3) is 11.5. The molecular formula is C21H36N2O4. The van der Waals surface area contributed by atoms with E-state index in [2.05, 4.69) is 12.2 Å². The number of hydrogen-bond donors (Lipinski definition) is 1. The van der Waals surface area contributed by atoms with Gasteiger partial charge >= 0.3 is 5.97 Å². The lowest BCUT2D eigenvalue weighted by atomic mass is 9.95. The number of ether oxygens (including phenoxy) is 3. The molecule has 0 aromatic rings. The molecule has 0 unspecified atom stereocenters. The molecule has 0 heterocycles. The number of esters is 1. The first kappa shape index (κ1) is 25.2. The SMILES string of the molecule is CC.CCCCOCCOC(=O)/C(C#N)=C1\C=C(NCCCOC)CCC1. The third-order valence-electron chi connectivity index (χ3n) is 3.86. The van der Waals surface area contributed by atoms with Gasteiger partial charge in [-0.25, -0.2) is 4.79 Å². The Kier molecular flexibility index (Phi) is 16.4. The molecule has 6 nitrogen and oxygen atoms in total. The normalized spacial score (nSPS) is 15.0. The second-order valence-corrected chi connectivity index (χ2v) is 5.91. The first-order valence-corrected chi connectivity index (χ1v) is 10.0. The lowest BCUT2D eigenvalue weighted by molar-refractivity contribution is -0.140. The Bertz CT molecular complexity index is 507. The molecule has 27 heavy (non-hydrogen) atoms. The molecule has 0 fully saturated rings. The van der Waals surface area contributed by atoms with Gasteiger partial charge in [-0.3, -0.25) is 0 Å². The zero-order valence-corrected chi connectivity index (χ0v) is 17.4. The quantitative estimate of drug-likeness (QED) is 0.239. The third-order valence-corrected chi connectivity index (χ3v) is 3.86. The molecule has 1 N–H and O–H groups in total. The first-order chi connectivity index (χ1) is 13.2. The van der Waals surface area contributed by atoms with E-state index in [1.54, 1.807) is 7.11 Å². The molecule has 0 aromatic carbocycles. The molecule has 0 radical (unpaired) electrons. The highest BCUT2D eigenvalue weighted by Crippen LogP contribution is 2.24. The molecule has 0 bridgehead atoms. The van der Waals surface area contributed by atoms with Crippen molar-refractivity contribution < 1.29 is 19.0 Å². The van der Waals surface area contributed by atoms with Gasteiger partial charge in [-0.05, 0) is 43.8 Å². The van der Waals surface area contributed by atoms with E-state index < -0.39 is 5.97 Å². The number of nitriles is 1. The van der Waals surface area contributed by atoms with Crippen LogP contribution >= 0.6 is 0 Å². The number of carbonyl (C=O) groups is 1. The Morgan fingerprint density at radius 1 is 1.19 bits per heavy atom. The maximum absolute atomic E-state index is 12.1. The summed E-state index contributed by atoms with van der Waals surface area (Å²) in [4.78, 5) is 12.1. The fourth-order valence-electron chi connectivity index (χ4n) is 2.49. The summed E-state index contributed by atoms with van der Waals surface area (Å²) in [5.41, 5.74) is 1.91. The van der Waals surface area contributed by atoms with Crippen molar-refractivity contribution in [2.24, 2.45) is 0 Å². The van der Waals surface area contributed by atoms with Gasteiger partial charge in [-0.2, -0.15) is 5.26 Å². The van der Waals surface area contributed by atoms with Crippen LogP contribution in [0.4, 0.5) is 0 Å². The number of nitrogens with one attached hydrogen (secondary N) is 1. The van der Waals surface area contributed by atoms with Crippen LogP contribution in [-0.2, 0) is 19.0 Å². The highest BCUT2D eigenvalue weighted by atomic mass is 16.6. The van der Waals surface area contributed by atoms with Crippen LogP contribution in [0.3, 0.4) is 0 Å². The van der Waals surface area contributed by atoms with Crippen molar-refractivity contribution in [2.45, 2.75) is 59.3 Å². The number of rotatable bonds is 12. The Morgan fingerprint density at radius 2 is 1.96 bits per heavy atom. The molecule has 0 saturated carbocycles. The van der Waals surface area contributed by atoms with Crippen molar-refractivity contribution >= 4 is 5.97 Å². The topological polar surface area (TPSA) is 80.6 Å². The van der Waals surface area contributed by atoms with Crippen molar-refractivity contribution in [1.29, 1.82) is 5.26 Å². The minimum atomic E-state index is -0.562. The predicted octanol–water partition coefficient (Wildman–Crippen LogP) is 3.89. The predicted molar refractivity (Wildman–Crippen MR) is 107 cm³/mol. The Balaban J connectivity index is 0.00000326. The average Bonchev–Trinajstić information content (AvgIpc) is 2.70. The Labute approximate surface area is 164 Å². The number of nitrogens with zero attached hydrogens (tertiary/aromatic N) is 1. The summed E-state index contributed by atoms with van der Waals surface area (Å²) in [5, 5.41) is 12.7. The fourth-order valence-corrected chi connectivity index (χ4v) is 2.49. The zero-order chi connectivity index (χ0) is 20.3. The molecule has 1 aliphatic rings. The van der Waals surface area contributed by atoms with Gasteiger partial charge in [0.2, 0.25) is 0 Å². The smallest absolute Gasteiger partial charge is 0.349 e. The van der Waals surface area contributed by atoms with E-state index in [9.17, 15) is 10.1 Å². The summed E-state index contributed by atoms with van der Waals surface area (Å²) < 4.78 is 15.5. The number of unbranched alkanes of at least 4 members (excludes halogenated alkanes) is 1. The highest BCUT2D eigenvalue weighted by Gasteiger charge is 2.18. The van der Waals surface area contributed by atoms with Crippen LogP contribution in [0.1, 0.15) is 59.3 Å². The van der Waals surface area contributed by atoms with Crippen LogP contribution in [0, 0.1) is 11.3 Å². The van der Waals surface area contributed by atoms with Gasteiger partial charge in [0.1, 0.15) is 18.2 Å². The second-order valence-electron chi connectivity index (χ2n) is 5.91. The zero-order valence-electron chi connectivity index (χ0n) is 17.4. The summed E-state index contributed by atoms with van der Waals surface area (Å²) in [6.07, 6.45) is 7.44. The second kappa shape index (κ2) is 17.6. The van der Waals surface area contributed by atoms with Crippen LogP contribution in [0.2, 0.25) is 0 Å². The van der Waals surface area contributed by atoms with E-state index in [0.29, 0.717) is 26.2 Å². The van der Waals surface area contributed by atoms with Crippen molar-refractivity contribution in [3.8, 4) is 6.07 Å². The first-order valence-electron chi connectivity index (χ1n) is 10.0. The molecule has 1 rings (SSSR count). The lowest BCUT2D eigenvalue weighted by Gasteiger charge is -2.18. The summed E-state index contributed by atoms with van der Waals surface area (Å²) in [5.74, 6) is -0.562. The molecular weight excluding hydrogens is 344 g/mol. The van der Waals surface area contributed by atoms with Crippen LogP contribution in [0.5, 0.6) is 0 Å². The van der Waals surface area contributed by atoms with Crippen LogP contribution < -0.4 is 5.32 Å². The van der Waals surface area contributed by atoms with Crippen LogP contribution in [0.25, 0.3) is 0 Å². The van der Waals surface area contributed by atoms with Crippen LogP contribution in [-0.4, -0.2) is 46.1 Å². The van der Waals surface area contributed by atoms with Crippen molar-refractivity contribution in [2.75, 3.05) is 40.1 Å². The minimum absolute atomic E-state index is 0.101. The van der Waals surface area contributed by atoms with Gasteiger partial charge in [0.15, 0.2) is 0 Å². The summed E-state index contributed by atoms with van der Waals surface area (Å²) in [6.45, 7) is 8.82. The number of carbonyl (C=O) groups excluding carboxylic acids is 1. The average molecular weight is 381 g/mol. The van der Waals surface area contributed by atoms with Crippen molar-refractivity contribution in [3.63, 3.8) is 0 Å². The molecule has 1 aliphatic carbocycles. The standard InChI is InChI=1S/C19H30N2O4.C2H6/c1-3-4-11-24-12-13-25-19(22)18(15-20)16-7-5-8-17(14-16)21-9-6-10-23-2;1-2/h14,21H,3-13H2,1-2H3;1-2H3/b18-16-;. The molecule has 0 atom stereocenters. The summed E-state index contributed by atoms with van der Waals surface area (Å²) in [6, 6.07) is 2.00. The number of allylic oxidation sites excluding steroid dienone is 3. The highest BCUT2D eigenvalue weighted by molar-refractivity contribution is 5.94. The van der Waals surface area contributed by atoms with Crippen LogP contribution in [0.15, 0.2) is 22.9 Å². The molecule has 0 spiro atoms. The monoisotopic (exact) mass is 380 g/mol. The fraction of sp³-hybridized carbons (Fsp3) is 0.714. The maximum atomic E-state index is 12.1.